The number of nitrogens with one attached hydrogen (secondary N) is 3. The van der Waals surface area contributed by atoms with Crippen molar-refractivity contribution >= 4 is 33.2 Å². The van der Waals surface area contributed by atoms with Gasteiger partial charge in [-0.25, -0.2) is 17.2 Å². The van der Waals surface area contributed by atoms with E-state index in [9.17, 15) is 26.8 Å². The number of likely N-dealkylation sites (tertiary alicyclic amines) is 1. The molecular formula is C24H26F2N4O4S. The number of fused-ring (bicyclic) bond motifs is 2. The van der Waals surface area contributed by atoms with Crippen LogP contribution in [0.15, 0.2) is 35.2 Å². The average molecular weight is 505 g/mol. The molecule has 3 N–H and O–H groups in total. The second-order valence-electron chi connectivity index (χ2n) is 9.59. The molecule has 0 bridgehead atoms. The lowest BCUT2D eigenvalue weighted by Gasteiger charge is -2.36. The predicted molar refractivity (Wildman–Crippen MR) is 126 cm³/mol. The molecule has 2 heterocycles. The smallest absolute Gasteiger partial charge is 0.264 e. The van der Waals surface area contributed by atoms with Gasteiger partial charge in [0.25, 0.3) is 15.9 Å². The number of carbonyl (C=O) groups excluding carboxylic acids is 2. The minimum atomic E-state index is -4.43. The molecule has 1 aliphatic carbocycles. The van der Waals surface area contributed by atoms with E-state index >= 15 is 0 Å². The third kappa shape index (κ3) is 4.16. The number of likely N-dealkylation sites (N-methyl/N-ethyl adjacent to an activating group) is 1. The number of halogens is 2. The summed E-state index contributed by atoms with van der Waals surface area (Å²) in [5.74, 6) is -2.77. The number of hydrogen-bond donors (Lipinski definition) is 3. The fourth-order valence-corrected chi connectivity index (χ4v) is 6.33. The number of rotatable bonds is 5. The van der Waals surface area contributed by atoms with Crippen LogP contribution in [0.3, 0.4) is 0 Å². The first kappa shape index (κ1) is 23.7. The van der Waals surface area contributed by atoms with E-state index in [0.717, 1.165) is 37.9 Å². The molecule has 3 aliphatic rings. The lowest BCUT2D eigenvalue weighted by Crippen LogP contribution is -2.46. The molecule has 1 saturated carbocycles. The highest BCUT2D eigenvalue weighted by atomic mass is 32.2. The van der Waals surface area contributed by atoms with Crippen LogP contribution >= 0.6 is 0 Å². The molecule has 11 heteroatoms. The minimum Gasteiger partial charge on any atom is -0.348 e. The Balaban J connectivity index is 1.53. The van der Waals surface area contributed by atoms with E-state index in [-0.39, 0.29) is 23.2 Å². The molecule has 2 aliphatic heterocycles. The van der Waals surface area contributed by atoms with Crippen molar-refractivity contribution in [2.75, 3.05) is 30.2 Å². The van der Waals surface area contributed by atoms with Gasteiger partial charge in [0, 0.05) is 18.7 Å². The van der Waals surface area contributed by atoms with E-state index in [1.165, 1.54) is 12.1 Å². The highest BCUT2D eigenvalue weighted by molar-refractivity contribution is 7.92. The van der Waals surface area contributed by atoms with Gasteiger partial charge < -0.3 is 15.5 Å². The van der Waals surface area contributed by atoms with Gasteiger partial charge in [-0.15, -0.1) is 0 Å². The fraction of sp³-hybridized carbons (Fsp3) is 0.417. The molecule has 1 atom stereocenters. The number of hydrogen-bond acceptors (Lipinski definition) is 5. The zero-order chi connectivity index (χ0) is 25.0. The summed E-state index contributed by atoms with van der Waals surface area (Å²) in [6, 6.07) is 4.97. The quantitative estimate of drug-likeness (QED) is 0.581. The Hall–Kier alpha value is -3.05. The van der Waals surface area contributed by atoms with Gasteiger partial charge >= 0.3 is 0 Å². The minimum absolute atomic E-state index is 0.0289. The Labute approximate surface area is 202 Å². The molecule has 8 nitrogen and oxygen atoms in total. The fourth-order valence-electron chi connectivity index (χ4n) is 5.23. The summed E-state index contributed by atoms with van der Waals surface area (Å²) in [7, 11) is -2.46. The molecule has 2 aromatic carbocycles. The Bertz CT molecular complexity index is 1330. The highest BCUT2D eigenvalue weighted by Crippen LogP contribution is 2.52. The Morgan fingerprint density at radius 2 is 1.94 bits per heavy atom. The topological polar surface area (TPSA) is 108 Å². The number of piperidine rings is 1. The van der Waals surface area contributed by atoms with Crippen LogP contribution in [0.25, 0.3) is 0 Å². The molecule has 0 aromatic heterocycles. The van der Waals surface area contributed by atoms with E-state index in [1.807, 2.05) is 7.05 Å². The van der Waals surface area contributed by atoms with Crippen molar-refractivity contribution in [3.05, 3.63) is 53.1 Å². The number of anilines is 2. The molecule has 35 heavy (non-hydrogen) atoms. The first-order valence-corrected chi connectivity index (χ1v) is 13.0. The van der Waals surface area contributed by atoms with Crippen LogP contribution in [0.5, 0.6) is 0 Å². The second kappa shape index (κ2) is 8.56. The maximum absolute atomic E-state index is 14.2. The zero-order valence-electron chi connectivity index (χ0n) is 19.2. The van der Waals surface area contributed by atoms with Gasteiger partial charge in [0.15, 0.2) is 0 Å². The van der Waals surface area contributed by atoms with Gasteiger partial charge in [-0.3, -0.25) is 14.3 Å². The summed E-state index contributed by atoms with van der Waals surface area (Å²) in [5, 5.41) is 5.83. The molecule has 0 radical (unpaired) electrons. The molecule has 1 saturated heterocycles. The number of benzene rings is 2. The molecule has 2 amide bonds. The van der Waals surface area contributed by atoms with Gasteiger partial charge in [0.1, 0.15) is 16.5 Å². The number of carbonyl (C=O) groups is 2. The van der Waals surface area contributed by atoms with Crippen LogP contribution < -0.4 is 15.4 Å². The van der Waals surface area contributed by atoms with E-state index < -0.39 is 37.9 Å². The summed E-state index contributed by atoms with van der Waals surface area (Å²) in [6.45, 7) is 1.62. The summed E-state index contributed by atoms with van der Waals surface area (Å²) < 4.78 is 55.7. The summed E-state index contributed by atoms with van der Waals surface area (Å²) in [4.78, 5) is 27.6. The standard InChI is InChI=1S/C24H26F2N4O4S/c1-30-9-2-4-15(13-30)27-22(31)17-11-16(12-18-21(17)28-23(32)24(18)7-3-8-24)29-35(33,34)20-6-5-14(25)10-19(20)26/h5-6,10-12,15,29H,2-4,7-9,13H2,1H3,(H,27,31)(H,28,32). The monoisotopic (exact) mass is 504 g/mol. The number of nitrogens with zero attached hydrogens (tertiary/aromatic N) is 1. The largest absolute Gasteiger partial charge is 0.348 e. The maximum Gasteiger partial charge on any atom is 0.264 e. The SMILES string of the molecule is CN1CCCC(NC(=O)c2cc(NS(=O)(=O)c3ccc(F)cc3F)cc3c2NC(=O)C32CCC2)C1. The Kier molecular flexibility index (Phi) is 5.79. The van der Waals surface area contributed by atoms with Crippen molar-refractivity contribution in [2.24, 2.45) is 0 Å². The van der Waals surface area contributed by atoms with Crippen molar-refractivity contribution in [3.63, 3.8) is 0 Å². The number of amides is 2. The van der Waals surface area contributed by atoms with Crippen LogP contribution in [0.2, 0.25) is 0 Å². The molecule has 186 valence electrons. The van der Waals surface area contributed by atoms with Crippen LogP contribution in [0.4, 0.5) is 20.2 Å². The Morgan fingerprint density at radius 1 is 1.17 bits per heavy atom. The molecule has 2 aromatic rings. The van der Waals surface area contributed by atoms with Gasteiger partial charge in [-0.2, -0.15) is 0 Å². The maximum atomic E-state index is 14.2. The van der Waals surface area contributed by atoms with Crippen molar-refractivity contribution in [1.82, 2.24) is 10.2 Å². The van der Waals surface area contributed by atoms with Crippen molar-refractivity contribution in [1.29, 1.82) is 0 Å². The third-order valence-electron chi connectivity index (χ3n) is 7.17. The van der Waals surface area contributed by atoms with Crippen LogP contribution in [0.1, 0.15) is 48.0 Å². The van der Waals surface area contributed by atoms with E-state index in [0.29, 0.717) is 36.7 Å². The third-order valence-corrected chi connectivity index (χ3v) is 8.59. The van der Waals surface area contributed by atoms with Gasteiger partial charge in [0.05, 0.1) is 22.4 Å². The first-order valence-electron chi connectivity index (χ1n) is 11.6. The van der Waals surface area contributed by atoms with Crippen molar-refractivity contribution < 1.29 is 26.8 Å². The van der Waals surface area contributed by atoms with Gasteiger partial charge in [-0.1, -0.05) is 6.42 Å². The van der Waals surface area contributed by atoms with Crippen LogP contribution in [0, 0.1) is 11.6 Å². The summed E-state index contributed by atoms with van der Waals surface area (Å²) in [6.07, 6.45) is 3.75. The lowest BCUT2D eigenvalue weighted by molar-refractivity contribution is -0.123. The van der Waals surface area contributed by atoms with Crippen molar-refractivity contribution in [2.45, 2.75) is 48.5 Å². The van der Waals surface area contributed by atoms with E-state index in [4.69, 9.17) is 0 Å². The normalized spacial score (nSPS) is 21.2. The second-order valence-corrected chi connectivity index (χ2v) is 11.2. The van der Waals surface area contributed by atoms with Crippen LogP contribution in [-0.4, -0.2) is 51.3 Å². The summed E-state index contributed by atoms with van der Waals surface area (Å²) >= 11 is 0. The first-order chi connectivity index (χ1) is 16.6. The Morgan fingerprint density at radius 3 is 2.60 bits per heavy atom. The predicted octanol–water partition coefficient (Wildman–Crippen LogP) is 2.96. The van der Waals surface area contributed by atoms with Crippen molar-refractivity contribution in [3.8, 4) is 0 Å². The molecule has 1 unspecified atom stereocenters. The highest BCUT2D eigenvalue weighted by Gasteiger charge is 2.52. The van der Waals surface area contributed by atoms with Crippen LogP contribution in [-0.2, 0) is 20.2 Å². The molecular weight excluding hydrogens is 478 g/mol. The lowest BCUT2D eigenvalue weighted by atomic mass is 9.65. The molecule has 2 fully saturated rings. The van der Waals surface area contributed by atoms with E-state index in [1.54, 1.807) is 0 Å². The van der Waals surface area contributed by atoms with Gasteiger partial charge in [0.2, 0.25) is 5.91 Å². The van der Waals surface area contributed by atoms with Gasteiger partial charge in [-0.05, 0) is 69.1 Å². The molecule has 5 rings (SSSR count). The van der Waals surface area contributed by atoms with E-state index in [2.05, 4.69) is 20.3 Å². The average Bonchev–Trinajstić information content (AvgIpc) is 3.04. The zero-order valence-corrected chi connectivity index (χ0v) is 20.0. The summed E-state index contributed by atoms with van der Waals surface area (Å²) in [5.41, 5.74) is 0.302. The number of sulfonamides is 1. The molecule has 1 spiro atoms.